The Morgan fingerprint density at radius 2 is 0.706 bits per heavy atom. The molecule has 16 saturated carbocycles. The lowest BCUT2D eigenvalue weighted by atomic mass is 9.44. The van der Waals surface area contributed by atoms with Gasteiger partial charge in [0, 0.05) is 24.7 Å². The van der Waals surface area contributed by atoms with Crippen molar-refractivity contribution in [3.8, 4) is 0 Å². The van der Waals surface area contributed by atoms with Crippen LogP contribution in [0.4, 0.5) is 0 Å². The fourth-order valence-electron chi connectivity index (χ4n) is 33.3. The largest absolute Gasteiger partial charge is 0.393 e. The lowest BCUT2D eigenvalue weighted by Crippen LogP contribution is -2.56. The summed E-state index contributed by atoms with van der Waals surface area (Å²) < 4.78 is 12.3. The predicted molar refractivity (Wildman–Crippen MR) is 440 cm³/mol. The van der Waals surface area contributed by atoms with Crippen LogP contribution in [0.5, 0.6) is 0 Å². The molecule has 0 aromatic rings. The van der Waals surface area contributed by atoms with Crippen LogP contribution in [-0.4, -0.2) is 91.9 Å². The zero-order chi connectivity index (χ0) is 78.8. The molecule has 33 atom stereocenters. The lowest BCUT2D eigenvalue weighted by Gasteiger charge is -2.62. The summed E-state index contributed by atoms with van der Waals surface area (Å²) in [6.45, 7) is 41.0. The van der Waals surface area contributed by atoms with E-state index < -0.39 is 16.8 Å². The highest BCUT2D eigenvalue weighted by atomic mass is 16.5. The number of carbonyl (C=O) groups excluding carboxylic acids is 4. The number of hydrogen-bond donors (Lipinski definition) is 4. The van der Waals surface area contributed by atoms with E-state index in [0.29, 0.717) is 68.4 Å². The summed E-state index contributed by atoms with van der Waals surface area (Å²) in [6.07, 6.45) is 49.0. The molecule has 0 amide bonds. The standard InChI is InChI=1S/C26H44O2.C25H42O3.C25H42O2.C23H38O3/c1-17(2)23(27)11-8-18-7-10-21-20-9-6-19-16-24(3,28)14-15-26(19,5)22(20)12-13-25(18,21)4;1-16(2)21(26)15-28-22-9-8-19-18-7-6-17-14-23(3,27)12-13-24(17,4)20(18)10-11-25(19,22)5;1-16(5-6-17(2)26)21-9-10-22-20-8-7-18-15-19(27)11-13-24(18,3)23(20)12-14-25(21,22)4;1-15(24)14-26-20-8-7-18-17-6-5-16-13-21(2,25)11-12-22(16,3)19(17)9-10-23(18,20)4/h17-22,28H,6-16H2,1-5H3;16-20,22,27H,6-15H2,1-5H3;16,18-23,27H,5-15H2,1-4H3;16-20,25H,5-14H2,1-4H3/t18-,19+,20?,21?,22?,24+,25-,26+;17-,18?,19?,20?,22-,23-,24-,25-;16-,18+,19+,20?,21-,22?,23?,24+,25-;16-,17?,18?,19?,20-,21-,22-,23-/m1010/s1. The minimum atomic E-state index is -0.449. The lowest BCUT2D eigenvalue weighted by molar-refractivity contribution is -0.158. The molecule has 16 aliphatic carbocycles. The van der Waals surface area contributed by atoms with Gasteiger partial charge in [-0.3, -0.25) is 14.4 Å². The summed E-state index contributed by atoms with van der Waals surface area (Å²) in [5.74, 6) is 16.8. The summed E-state index contributed by atoms with van der Waals surface area (Å²) in [4.78, 5) is 47.2. The zero-order valence-corrected chi connectivity index (χ0v) is 73.3. The smallest absolute Gasteiger partial charge is 0.160 e. The Labute approximate surface area is 665 Å². The van der Waals surface area contributed by atoms with Gasteiger partial charge in [0.1, 0.15) is 24.8 Å². The van der Waals surface area contributed by atoms with E-state index >= 15 is 0 Å². The Kier molecular flexibility index (Phi) is 25.0. The Morgan fingerprint density at radius 3 is 1.14 bits per heavy atom. The predicted octanol–water partition coefficient (Wildman–Crippen LogP) is 22.6. The highest BCUT2D eigenvalue weighted by molar-refractivity contribution is 5.81. The zero-order valence-electron chi connectivity index (χ0n) is 73.3. The van der Waals surface area contributed by atoms with Crippen LogP contribution in [0.15, 0.2) is 0 Å². The number of aliphatic hydroxyl groups excluding tert-OH is 1. The van der Waals surface area contributed by atoms with Gasteiger partial charge in [-0.05, 0) is 434 Å². The maximum atomic E-state index is 12.2. The molecule has 16 rings (SSSR count). The van der Waals surface area contributed by atoms with Crippen molar-refractivity contribution in [2.24, 2.45) is 168 Å². The van der Waals surface area contributed by atoms with Crippen LogP contribution in [0.2, 0.25) is 0 Å². The van der Waals surface area contributed by atoms with Gasteiger partial charge >= 0.3 is 0 Å². The van der Waals surface area contributed by atoms with Crippen LogP contribution in [0.3, 0.4) is 0 Å². The molecule has 16 fully saturated rings. The SMILES string of the molecule is CC(=O)CC[C@@H](C)[C@H]1CCC2C3CC[C@H]4C[C@@H](O)CC[C@]4(C)C3CC[C@@]21C.CC(=O)CO[C@H]1CCC2C3CC[C@H]4C[C@@](C)(O)CC[C@]4(C)C3CC[C@@]21C.CC(C)C(=O)CC[C@H]1CCC2C3CC[C@H]4C[C@@](C)(O)CC[C@]4(C)C3CC[C@@]21C.CC(C)C(=O)CO[C@H]1CCC2C3CC[C@H]4C[C@@](C)(O)CC[C@]4(C)C3CC[C@@]21C. The average Bonchev–Trinajstić information content (AvgIpc) is 1.72. The van der Waals surface area contributed by atoms with Crippen molar-refractivity contribution in [3.05, 3.63) is 0 Å². The molecule has 0 radical (unpaired) electrons. The van der Waals surface area contributed by atoms with E-state index in [0.717, 1.165) is 185 Å². The Balaban J connectivity index is 0.000000128. The third-order valence-corrected chi connectivity index (χ3v) is 40.2. The quantitative estimate of drug-likeness (QED) is 0.124. The van der Waals surface area contributed by atoms with Gasteiger partial charge in [0.05, 0.1) is 35.1 Å². The van der Waals surface area contributed by atoms with E-state index in [-0.39, 0.29) is 59.2 Å². The van der Waals surface area contributed by atoms with Crippen LogP contribution >= 0.6 is 0 Å². The van der Waals surface area contributed by atoms with Crippen molar-refractivity contribution in [3.63, 3.8) is 0 Å². The number of Topliss-reactive ketones (excluding diaryl/α,β-unsaturated/α-hetero) is 4. The van der Waals surface area contributed by atoms with Crippen molar-refractivity contribution in [2.45, 2.75) is 417 Å². The van der Waals surface area contributed by atoms with Crippen LogP contribution in [0.25, 0.3) is 0 Å². The number of rotatable bonds is 15. The number of hydrogen-bond acceptors (Lipinski definition) is 10. The summed E-state index contributed by atoms with van der Waals surface area (Å²) in [7, 11) is 0. The topological polar surface area (TPSA) is 168 Å². The second-order valence-corrected chi connectivity index (χ2v) is 46.7. The van der Waals surface area contributed by atoms with Crippen LogP contribution in [0.1, 0.15) is 381 Å². The molecule has 109 heavy (non-hydrogen) atoms. The van der Waals surface area contributed by atoms with E-state index in [1.165, 1.54) is 167 Å². The van der Waals surface area contributed by atoms with Gasteiger partial charge in [-0.15, -0.1) is 0 Å². The molecular formula is C99H166O10. The third-order valence-electron chi connectivity index (χ3n) is 40.2. The molecule has 0 bridgehead atoms. The van der Waals surface area contributed by atoms with Crippen molar-refractivity contribution < 1.29 is 49.1 Å². The number of ketones is 4. The van der Waals surface area contributed by atoms with Crippen LogP contribution in [-0.2, 0) is 28.7 Å². The molecule has 0 aromatic carbocycles. The maximum absolute atomic E-state index is 12.2. The molecule has 0 aliphatic heterocycles. The maximum Gasteiger partial charge on any atom is 0.160 e. The molecule has 0 aromatic heterocycles. The molecule has 0 heterocycles. The fraction of sp³-hybridized carbons (Fsp3) is 0.960. The first-order chi connectivity index (χ1) is 51.0. The van der Waals surface area contributed by atoms with E-state index in [1.54, 1.807) is 13.8 Å². The highest BCUT2D eigenvalue weighted by Crippen LogP contribution is 2.73. The molecule has 12 unspecified atom stereocenters. The van der Waals surface area contributed by atoms with Gasteiger partial charge in [-0.25, -0.2) is 0 Å². The fourth-order valence-corrected chi connectivity index (χ4v) is 33.3. The first kappa shape index (κ1) is 85.3. The minimum Gasteiger partial charge on any atom is -0.393 e. The van der Waals surface area contributed by atoms with Crippen molar-refractivity contribution in [1.29, 1.82) is 0 Å². The van der Waals surface area contributed by atoms with Crippen LogP contribution < -0.4 is 0 Å². The van der Waals surface area contributed by atoms with Gasteiger partial charge in [0.25, 0.3) is 0 Å². The van der Waals surface area contributed by atoms with E-state index in [2.05, 4.69) is 69.2 Å². The molecule has 16 aliphatic rings. The average molecular weight is 1520 g/mol. The number of aliphatic hydroxyl groups is 4. The molecule has 0 spiro atoms. The summed E-state index contributed by atoms with van der Waals surface area (Å²) in [6, 6.07) is 0. The number of ether oxygens (including phenoxy) is 2. The molecule has 4 N–H and O–H groups in total. The normalized spacial score (nSPS) is 51.3. The summed E-state index contributed by atoms with van der Waals surface area (Å²) in [5, 5.41) is 42.1. The molecule has 10 nitrogen and oxygen atoms in total. The minimum absolute atomic E-state index is 0.0357. The van der Waals surface area contributed by atoms with Crippen molar-refractivity contribution >= 4 is 23.1 Å². The highest BCUT2D eigenvalue weighted by Gasteiger charge is 2.66. The number of carbonyl (C=O) groups is 4. The second-order valence-electron chi connectivity index (χ2n) is 46.7. The number of fused-ring (bicyclic) bond motifs is 20. The van der Waals surface area contributed by atoms with E-state index in [4.69, 9.17) is 9.47 Å². The second kappa shape index (κ2) is 32.0. The van der Waals surface area contributed by atoms with Gasteiger partial charge in [0.15, 0.2) is 11.6 Å². The molecule has 10 heteroatoms. The summed E-state index contributed by atoms with van der Waals surface area (Å²) >= 11 is 0. The Hall–Kier alpha value is -1.56. The van der Waals surface area contributed by atoms with Gasteiger partial charge in [-0.2, -0.15) is 0 Å². The van der Waals surface area contributed by atoms with Gasteiger partial charge in [0.2, 0.25) is 0 Å². The van der Waals surface area contributed by atoms with Crippen molar-refractivity contribution in [2.75, 3.05) is 13.2 Å². The van der Waals surface area contributed by atoms with Gasteiger partial charge in [-0.1, -0.05) is 90.0 Å². The first-order valence-electron chi connectivity index (χ1n) is 47.2. The summed E-state index contributed by atoms with van der Waals surface area (Å²) in [5.41, 5.74) is 1.96. The van der Waals surface area contributed by atoms with Crippen molar-refractivity contribution in [1.82, 2.24) is 0 Å². The third kappa shape index (κ3) is 16.1. The monoisotopic (exact) mass is 1520 g/mol. The van der Waals surface area contributed by atoms with Crippen LogP contribution in [0, 0.1) is 168 Å². The van der Waals surface area contributed by atoms with Gasteiger partial charge < -0.3 is 34.7 Å². The molecule has 622 valence electrons. The Morgan fingerprint density at radius 1 is 0.349 bits per heavy atom. The van der Waals surface area contributed by atoms with E-state index in [9.17, 15) is 39.6 Å². The molecule has 0 saturated heterocycles. The Bertz CT molecular complexity index is 3080. The molecular weight excluding hydrogens is 1350 g/mol. The van der Waals surface area contributed by atoms with E-state index in [1.807, 2.05) is 41.5 Å². The first-order valence-corrected chi connectivity index (χ1v) is 47.2.